The van der Waals surface area contributed by atoms with E-state index < -0.39 is 5.60 Å². The molecule has 0 spiro atoms. The number of hydrogen-bond donors (Lipinski definition) is 0. The summed E-state index contributed by atoms with van der Waals surface area (Å²) in [5.74, 6) is 0.659. The van der Waals surface area contributed by atoms with Crippen molar-refractivity contribution < 1.29 is 9.31 Å². The molecule has 0 N–H and O–H groups in total. The number of nitrogens with zero attached hydrogens (tertiary/aromatic N) is 1. The quantitative estimate of drug-likeness (QED) is 0.620. The van der Waals surface area contributed by atoms with Gasteiger partial charge in [-0.15, -0.1) is 0 Å². The third-order valence-corrected chi connectivity index (χ3v) is 2.28. The lowest BCUT2D eigenvalue weighted by molar-refractivity contribution is 0.173. The normalized spacial score (nSPS) is 19.6. The Hall–Kier alpha value is -1.29. The Labute approximate surface area is 83.9 Å². The number of rotatable bonds is 1. The van der Waals surface area contributed by atoms with Crippen molar-refractivity contribution in [2.45, 2.75) is 19.4 Å². The van der Waals surface area contributed by atoms with Gasteiger partial charge in [-0.1, -0.05) is 12.6 Å². The molecule has 0 unspecified atom stereocenters. The average Bonchev–Trinajstić information content (AvgIpc) is 2.43. The second-order valence-corrected chi connectivity index (χ2v) is 3.79. The van der Waals surface area contributed by atoms with Crippen LogP contribution in [0, 0.1) is 0 Å². The van der Waals surface area contributed by atoms with Crippen LogP contribution in [-0.2, 0) is 9.31 Å². The molecule has 0 radical (unpaired) electrons. The van der Waals surface area contributed by atoms with Gasteiger partial charge in [0.15, 0.2) is 0 Å². The molecule has 1 aliphatic rings. The van der Waals surface area contributed by atoms with E-state index in [0.29, 0.717) is 5.76 Å². The second kappa shape index (κ2) is 3.13. The summed E-state index contributed by atoms with van der Waals surface area (Å²) in [4.78, 5) is 4.01. The molecule has 0 atom stereocenters. The minimum atomic E-state index is -0.416. The lowest BCUT2D eigenvalue weighted by Crippen LogP contribution is -2.34. The first kappa shape index (κ1) is 9.28. The van der Waals surface area contributed by atoms with E-state index in [0.717, 1.165) is 5.46 Å². The van der Waals surface area contributed by atoms with Crippen LogP contribution in [0.4, 0.5) is 0 Å². The molecular weight excluding hydrogens is 177 g/mol. The molecule has 4 heteroatoms. The molecule has 0 amide bonds. The Kier molecular flexibility index (Phi) is 2.08. The number of hydrogen-bond acceptors (Lipinski definition) is 3. The lowest BCUT2D eigenvalue weighted by atomic mass is 9.80. The third-order valence-electron chi connectivity index (χ3n) is 2.28. The average molecular weight is 189 g/mol. The van der Waals surface area contributed by atoms with Gasteiger partial charge in [-0.2, -0.15) is 0 Å². The van der Waals surface area contributed by atoms with E-state index in [1.54, 1.807) is 12.4 Å². The van der Waals surface area contributed by atoms with Crippen molar-refractivity contribution in [2.24, 2.45) is 0 Å². The van der Waals surface area contributed by atoms with Crippen LogP contribution >= 0.6 is 0 Å². The summed E-state index contributed by atoms with van der Waals surface area (Å²) in [5, 5.41) is 0. The molecule has 1 saturated heterocycles. The number of aromatic nitrogens is 1. The minimum absolute atomic E-state index is 0.369. The molecule has 0 aliphatic carbocycles. The zero-order valence-corrected chi connectivity index (χ0v) is 8.36. The summed E-state index contributed by atoms with van der Waals surface area (Å²) in [5.41, 5.74) is 0.500. The Morgan fingerprint density at radius 3 is 2.79 bits per heavy atom. The molecule has 1 fully saturated rings. The van der Waals surface area contributed by atoms with Gasteiger partial charge in [0.1, 0.15) is 5.60 Å². The summed E-state index contributed by atoms with van der Waals surface area (Å²) in [6, 6.07) is 3.78. The predicted molar refractivity (Wildman–Crippen MR) is 55.0 cm³/mol. The van der Waals surface area contributed by atoms with Crippen LogP contribution in [0.5, 0.6) is 0 Å². The summed E-state index contributed by atoms with van der Waals surface area (Å²) < 4.78 is 11.2. The standard InChI is InChI=1S/C10H12BNO2/c1-8-10(2,3)14-11(13-8)9-5-4-6-12-7-9/h4-7H,1H2,2-3H3. The summed E-state index contributed by atoms with van der Waals surface area (Å²) >= 11 is 0. The Balaban J connectivity index is 2.21. The van der Waals surface area contributed by atoms with Gasteiger partial charge in [0.05, 0.1) is 5.76 Å². The van der Waals surface area contributed by atoms with Crippen molar-refractivity contribution in [1.82, 2.24) is 4.98 Å². The Bertz CT molecular complexity index is 350. The molecule has 1 aromatic rings. The second-order valence-electron chi connectivity index (χ2n) is 3.79. The topological polar surface area (TPSA) is 31.4 Å². The van der Waals surface area contributed by atoms with E-state index in [1.165, 1.54) is 0 Å². The number of pyridine rings is 1. The van der Waals surface area contributed by atoms with E-state index in [9.17, 15) is 0 Å². The van der Waals surface area contributed by atoms with E-state index in [2.05, 4.69) is 11.6 Å². The zero-order valence-electron chi connectivity index (χ0n) is 8.36. The van der Waals surface area contributed by atoms with Crippen molar-refractivity contribution in [3.8, 4) is 0 Å². The predicted octanol–water partition coefficient (Wildman–Crippen LogP) is 1.12. The first-order valence-electron chi connectivity index (χ1n) is 4.53. The van der Waals surface area contributed by atoms with Gasteiger partial charge in [-0.05, 0) is 19.9 Å². The maximum Gasteiger partial charge on any atom is 0.564 e. The molecule has 2 heterocycles. The van der Waals surface area contributed by atoms with Crippen LogP contribution in [0.2, 0.25) is 0 Å². The molecule has 1 aliphatic heterocycles. The van der Waals surface area contributed by atoms with Crippen molar-refractivity contribution in [1.29, 1.82) is 0 Å². The monoisotopic (exact) mass is 189 g/mol. The van der Waals surface area contributed by atoms with E-state index in [-0.39, 0.29) is 7.12 Å². The molecule has 72 valence electrons. The van der Waals surface area contributed by atoms with E-state index in [4.69, 9.17) is 9.31 Å². The molecule has 0 saturated carbocycles. The molecule has 2 rings (SSSR count). The highest BCUT2D eigenvalue weighted by Crippen LogP contribution is 2.28. The molecule has 0 aromatic carbocycles. The van der Waals surface area contributed by atoms with Crippen LogP contribution in [0.15, 0.2) is 36.9 Å². The third kappa shape index (κ3) is 1.53. The highest BCUT2D eigenvalue weighted by molar-refractivity contribution is 6.62. The van der Waals surface area contributed by atoms with Gasteiger partial charge in [-0.3, -0.25) is 4.98 Å². The fourth-order valence-electron chi connectivity index (χ4n) is 1.28. The van der Waals surface area contributed by atoms with Crippen LogP contribution < -0.4 is 5.46 Å². The lowest BCUT2D eigenvalue weighted by Gasteiger charge is -2.15. The highest BCUT2D eigenvalue weighted by atomic mass is 16.7. The highest BCUT2D eigenvalue weighted by Gasteiger charge is 2.42. The van der Waals surface area contributed by atoms with E-state index in [1.807, 2.05) is 26.0 Å². The molecular formula is C10H12BNO2. The van der Waals surface area contributed by atoms with Gasteiger partial charge >= 0.3 is 7.12 Å². The summed E-state index contributed by atoms with van der Waals surface area (Å²) in [6.07, 6.45) is 3.46. The summed E-state index contributed by atoms with van der Waals surface area (Å²) in [6.45, 7) is 7.69. The molecule has 14 heavy (non-hydrogen) atoms. The molecule has 0 bridgehead atoms. The van der Waals surface area contributed by atoms with Crippen LogP contribution in [-0.4, -0.2) is 17.7 Å². The van der Waals surface area contributed by atoms with Crippen LogP contribution in [0.1, 0.15) is 13.8 Å². The van der Waals surface area contributed by atoms with Crippen LogP contribution in [0.3, 0.4) is 0 Å². The van der Waals surface area contributed by atoms with Crippen molar-refractivity contribution >= 4 is 12.6 Å². The van der Waals surface area contributed by atoms with Crippen LogP contribution in [0.25, 0.3) is 0 Å². The molecule has 3 nitrogen and oxygen atoms in total. The Morgan fingerprint density at radius 1 is 1.50 bits per heavy atom. The maximum absolute atomic E-state index is 5.69. The van der Waals surface area contributed by atoms with Gasteiger partial charge in [-0.25, -0.2) is 0 Å². The zero-order chi connectivity index (χ0) is 10.2. The van der Waals surface area contributed by atoms with Gasteiger partial charge in [0.2, 0.25) is 0 Å². The first-order chi connectivity index (χ1) is 6.59. The first-order valence-corrected chi connectivity index (χ1v) is 4.53. The SMILES string of the molecule is C=C1OB(c2cccnc2)OC1(C)C. The van der Waals surface area contributed by atoms with Crippen molar-refractivity contribution in [3.05, 3.63) is 36.9 Å². The van der Waals surface area contributed by atoms with Gasteiger partial charge in [0.25, 0.3) is 0 Å². The smallest absolute Gasteiger partial charge is 0.534 e. The largest absolute Gasteiger partial charge is 0.564 e. The van der Waals surface area contributed by atoms with Gasteiger partial charge in [0, 0.05) is 17.9 Å². The molecule has 1 aromatic heterocycles. The van der Waals surface area contributed by atoms with E-state index >= 15 is 0 Å². The van der Waals surface area contributed by atoms with Gasteiger partial charge < -0.3 is 9.31 Å². The fraction of sp³-hybridized carbons (Fsp3) is 0.300. The summed E-state index contributed by atoms with van der Waals surface area (Å²) in [7, 11) is -0.369. The Morgan fingerprint density at radius 2 is 2.29 bits per heavy atom. The van der Waals surface area contributed by atoms with Crippen molar-refractivity contribution in [3.63, 3.8) is 0 Å². The fourth-order valence-corrected chi connectivity index (χ4v) is 1.28. The van der Waals surface area contributed by atoms with Crippen molar-refractivity contribution in [2.75, 3.05) is 0 Å². The minimum Gasteiger partial charge on any atom is -0.534 e. The maximum atomic E-state index is 5.69.